The summed E-state index contributed by atoms with van der Waals surface area (Å²) in [5.74, 6) is 0. The van der Waals surface area contributed by atoms with Crippen LogP contribution in [0.2, 0.25) is 0 Å². The zero-order chi connectivity index (χ0) is 10.1. The molecule has 1 aliphatic rings. The summed E-state index contributed by atoms with van der Waals surface area (Å²) in [6.07, 6.45) is 1.56. The average molecular weight is 186 g/mol. The third-order valence-corrected chi connectivity index (χ3v) is 1.71. The standard InChI is InChI=1S/C7H14N4O2/c1-7(2,3)4-6-9-8-5-10(6)11(12)13/h5-6,9H,4H2,1-3H3. The SMILES string of the molecule is CC(C)(C)CC1NN=CN1[N+](=O)[O-]. The molecule has 1 heterocycles. The van der Waals surface area contributed by atoms with Gasteiger partial charge in [-0.25, -0.2) is 10.1 Å². The van der Waals surface area contributed by atoms with E-state index >= 15 is 0 Å². The molecule has 0 spiro atoms. The summed E-state index contributed by atoms with van der Waals surface area (Å²) in [5, 5.41) is 14.7. The molecule has 1 rings (SSSR count). The first-order valence-corrected chi connectivity index (χ1v) is 4.11. The Hall–Kier alpha value is -1.33. The van der Waals surface area contributed by atoms with Crippen LogP contribution in [0.5, 0.6) is 0 Å². The number of hydrogen-bond acceptors (Lipinski definition) is 4. The van der Waals surface area contributed by atoms with Crippen LogP contribution in [0.25, 0.3) is 0 Å². The van der Waals surface area contributed by atoms with Crippen LogP contribution < -0.4 is 5.43 Å². The third kappa shape index (κ3) is 2.57. The largest absolute Gasteiger partial charge is 0.280 e. The fourth-order valence-electron chi connectivity index (χ4n) is 1.19. The fourth-order valence-corrected chi connectivity index (χ4v) is 1.19. The molecule has 0 saturated carbocycles. The van der Waals surface area contributed by atoms with E-state index in [-0.39, 0.29) is 11.6 Å². The molecule has 0 bridgehead atoms. The van der Waals surface area contributed by atoms with Crippen molar-refractivity contribution in [1.29, 1.82) is 0 Å². The second kappa shape index (κ2) is 3.20. The van der Waals surface area contributed by atoms with Gasteiger partial charge in [0.05, 0.1) is 0 Å². The molecular formula is C7H14N4O2. The maximum Gasteiger partial charge on any atom is 0.180 e. The number of hydrazone groups is 1. The Morgan fingerprint density at radius 1 is 1.69 bits per heavy atom. The van der Waals surface area contributed by atoms with E-state index in [9.17, 15) is 10.1 Å². The summed E-state index contributed by atoms with van der Waals surface area (Å²) < 4.78 is 0. The van der Waals surface area contributed by atoms with Gasteiger partial charge in [0.2, 0.25) is 0 Å². The highest BCUT2D eigenvalue weighted by Gasteiger charge is 2.32. The van der Waals surface area contributed by atoms with E-state index in [0.717, 1.165) is 5.01 Å². The summed E-state index contributed by atoms with van der Waals surface area (Å²) in [4.78, 5) is 10.5. The predicted molar refractivity (Wildman–Crippen MR) is 48.3 cm³/mol. The smallest absolute Gasteiger partial charge is 0.180 e. The van der Waals surface area contributed by atoms with Crippen molar-refractivity contribution in [2.24, 2.45) is 10.5 Å². The van der Waals surface area contributed by atoms with Gasteiger partial charge in [-0.3, -0.25) is 5.43 Å². The maximum atomic E-state index is 10.5. The highest BCUT2D eigenvalue weighted by Crippen LogP contribution is 2.23. The number of hydrogen-bond donors (Lipinski definition) is 1. The van der Waals surface area contributed by atoms with E-state index in [1.807, 2.05) is 20.8 Å². The second-order valence-corrected chi connectivity index (χ2v) is 4.27. The molecular weight excluding hydrogens is 172 g/mol. The lowest BCUT2D eigenvalue weighted by Crippen LogP contribution is -2.42. The summed E-state index contributed by atoms with van der Waals surface area (Å²) in [5.41, 5.74) is 2.74. The monoisotopic (exact) mass is 186 g/mol. The van der Waals surface area contributed by atoms with Gasteiger partial charge >= 0.3 is 0 Å². The van der Waals surface area contributed by atoms with Crippen molar-refractivity contribution >= 4 is 6.34 Å². The van der Waals surface area contributed by atoms with Gasteiger partial charge in [-0.1, -0.05) is 25.8 Å². The van der Waals surface area contributed by atoms with E-state index in [1.54, 1.807) is 0 Å². The van der Waals surface area contributed by atoms with Gasteiger partial charge in [0.1, 0.15) is 0 Å². The molecule has 0 amide bonds. The van der Waals surface area contributed by atoms with Crippen LogP contribution >= 0.6 is 0 Å². The average Bonchev–Trinajstić information content (AvgIpc) is 2.31. The summed E-state index contributed by atoms with van der Waals surface area (Å²) >= 11 is 0. The molecule has 0 saturated heterocycles. The number of hydrazine groups is 1. The molecule has 0 fully saturated rings. The summed E-state index contributed by atoms with van der Waals surface area (Å²) in [6, 6.07) is 0. The molecule has 6 nitrogen and oxygen atoms in total. The number of nitrogens with zero attached hydrogens (tertiary/aromatic N) is 3. The predicted octanol–water partition coefficient (Wildman–Crippen LogP) is 0.789. The van der Waals surface area contributed by atoms with E-state index < -0.39 is 5.03 Å². The van der Waals surface area contributed by atoms with Gasteiger partial charge in [0.25, 0.3) is 0 Å². The Labute approximate surface area is 76.7 Å². The van der Waals surface area contributed by atoms with Gasteiger partial charge in [-0.15, -0.1) is 0 Å². The lowest BCUT2D eigenvalue weighted by molar-refractivity contribution is -0.635. The normalized spacial score (nSPS) is 21.8. The van der Waals surface area contributed by atoms with E-state index in [0.29, 0.717) is 6.42 Å². The lowest BCUT2D eigenvalue weighted by atomic mass is 9.91. The Balaban J connectivity index is 2.57. The highest BCUT2D eigenvalue weighted by atomic mass is 16.7. The van der Waals surface area contributed by atoms with Gasteiger partial charge in [0.15, 0.2) is 17.5 Å². The van der Waals surface area contributed by atoms with Crippen molar-refractivity contribution in [1.82, 2.24) is 10.4 Å². The summed E-state index contributed by atoms with van der Waals surface area (Å²) in [7, 11) is 0. The van der Waals surface area contributed by atoms with E-state index in [4.69, 9.17) is 0 Å². The van der Waals surface area contributed by atoms with E-state index in [2.05, 4.69) is 10.5 Å². The molecule has 6 heteroatoms. The first-order valence-electron chi connectivity index (χ1n) is 4.11. The van der Waals surface area contributed by atoms with Crippen molar-refractivity contribution in [2.75, 3.05) is 0 Å². The lowest BCUT2D eigenvalue weighted by Gasteiger charge is -2.23. The van der Waals surface area contributed by atoms with E-state index in [1.165, 1.54) is 6.34 Å². The summed E-state index contributed by atoms with van der Waals surface area (Å²) in [6.45, 7) is 6.10. The first-order chi connectivity index (χ1) is 5.90. The molecule has 0 radical (unpaired) electrons. The molecule has 1 N–H and O–H groups in total. The fraction of sp³-hybridized carbons (Fsp3) is 0.857. The van der Waals surface area contributed by atoms with Crippen molar-refractivity contribution in [3.05, 3.63) is 10.1 Å². The molecule has 1 unspecified atom stereocenters. The molecule has 0 aromatic rings. The van der Waals surface area contributed by atoms with Crippen molar-refractivity contribution < 1.29 is 5.03 Å². The molecule has 1 atom stereocenters. The topological polar surface area (TPSA) is 70.8 Å². The van der Waals surface area contributed by atoms with Crippen LogP contribution in [0, 0.1) is 15.5 Å². The van der Waals surface area contributed by atoms with Crippen LogP contribution in [0.1, 0.15) is 27.2 Å². The quantitative estimate of drug-likeness (QED) is 0.511. The number of nitro groups is 1. The Morgan fingerprint density at radius 3 is 2.77 bits per heavy atom. The van der Waals surface area contributed by atoms with Crippen LogP contribution in [0.3, 0.4) is 0 Å². The first kappa shape index (κ1) is 9.76. The van der Waals surface area contributed by atoms with Gasteiger partial charge in [-0.2, -0.15) is 5.10 Å². The number of nitrogens with one attached hydrogen (secondary N) is 1. The molecule has 1 aliphatic heterocycles. The van der Waals surface area contributed by atoms with Crippen molar-refractivity contribution in [3.63, 3.8) is 0 Å². The van der Waals surface area contributed by atoms with Crippen LogP contribution in [-0.4, -0.2) is 22.5 Å². The van der Waals surface area contributed by atoms with Crippen molar-refractivity contribution in [3.8, 4) is 0 Å². The zero-order valence-corrected chi connectivity index (χ0v) is 8.02. The van der Waals surface area contributed by atoms with Crippen LogP contribution in [0.4, 0.5) is 0 Å². The molecule has 0 aliphatic carbocycles. The van der Waals surface area contributed by atoms with Crippen LogP contribution in [0.15, 0.2) is 5.10 Å². The Bertz CT molecular complexity index is 233. The maximum absolute atomic E-state index is 10.5. The van der Waals surface area contributed by atoms with Gasteiger partial charge in [0, 0.05) is 0 Å². The minimum absolute atomic E-state index is 0.0413. The van der Waals surface area contributed by atoms with Gasteiger partial charge in [-0.05, 0) is 11.8 Å². The molecule has 0 aromatic carbocycles. The molecule has 0 aromatic heterocycles. The zero-order valence-electron chi connectivity index (χ0n) is 8.02. The Morgan fingerprint density at radius 2 is 2.31 bits per heavy atom. The van der Waals surface area contributed by atoms with Crippen molar-refractivity contribution in [2.45, 2.75) is 33.4 Å². The number of rotatable bonds is 2. The minimum Gasteiger partial charge on any atom is -0.280 e. The highest BCUT2D eigenvalue weighted by molar-refractivity contribution is 5.55. The molecule has 74 valence electrons. The Kier molecular flexibility index (Phi) is 2.40. The molecule has 13 heavy (non-hydrogen) atoms. The van der Waals surface area contributed by atoms with Gasteiger partial charge < -0.3 is 0 Å². The van der Waals surface area contributed by atoms with Crippen LogP contribution in [-0.2, 0) is 0 Å². The second-order valence-electron chi connectivity index (χ2n) is 4.27. The third-order valence-electron chi connectivity index (χ3n) is 1.71. The minimum atomic E-state index is -0.458.